The Hall–Kier alpha value is -2.36. The molecule has 1 aliphatic carbocycles. The van der Waals surface area contributed by atoms with Gasteiger partial charge in [0.1, 0.15) is 11.2 Å². The lowest BCUT2D eigenvalue weighted by molar-refractivity contribution is -0.182. The second-order valence-electron chi connectivity index (χ2n) is 10.6. The van der Waals surface area contributed by atoms with E-state index >= 15 is 0 Å². The molecule has 1 saturated carbocycles. The number of aromatic nitrogens is 3. The maximum absolute atomic E-state index is 13.1. The lowest BCUT2D eigenvalue weighted by atomic mass is 9.80. The number of anilines is 1. The van der Waals surface area contributed by atoms with Crippen LogP contribution < -0.4 is 4.90 Å². The summed E-state index contributed by atoms with van der Waals surface area (Å²) in [5.41, 5.74) is 2.25. The van der Waals surface area contributed by atoms with Gasteiger partial charge in [-0.3, -0.25) is 4.79 Å². The number of fused-ring (bicyclic) bond motifs is 1. The van der Waals surface area contributed by atoms with Gasteiger partial charge in [0.2, 0.25) is 0 Å². The molecule has 2 aromatic heterocycles. The lowest BCUT2D eigenvalue weighted by Crippen LogP contribution is -2.51. The number of hydrogen-bond acceptors (Lipinski definition) is 5. The minimum Gasteiger partial charge on any atom is -0.481 e. The number of carboxylic acids is 1. The van der Waals surface area contributed by atoms with Crippen LogP contribution in [0.5, 0.6) is 0 Å². The van der Waals surface area contributed by atoms with Crippen LogP contribution in [0.25, 0.3) is 5.65 Å². The van der Waals surface area contributed by atoms with Crippen LogP contribution in [0, 0.1) is 18.3 Å². The first-order valence-corrected chi connectivity index (χ1v) is 12.4. The summed E-state index contributed by atoms with van der Waals surface area (Å²) in [7, 11) is 1.52. The molecule has 2 fully saturated rings. The maximum atomic E-state index is 13.1. The highest BCUT2D eigenvalue weighted by atomic mass is 19.4. The normalized spacial score (nSPS) is 26.0. The number of halogens is 3. The molecule has 1 N–H and O–H groups in total. The van der Waals surface area contributed by atoms with Gasteiger partial charge in [-0.05, 0) is 51.4 Å². The van der Waals surface area contributed by atoms with Gasteiger partial charge in [0.15, 0.2) is 5.65 Å². The van der Waals surface area contributed by atoms with Crippen LogP contribution in [0.2, 0.25) is 0 Å². The third-order valence-corrected chi connectivity index (χ3v) is 7.76. The van der Waals surface area contributed by atoms with Crippen molar-refractivity contribution >= 4 is 17.4 Å². The molecule has 7 nitrogen and oxygen atoms in total. The minimum absolute atomic E-state index is 0.0427. The van der Waals surface area contributed by atoms with Crippen molar-refractivity contribution in [3.63, 3.8) is 0 Å². The summed E-state index contributed by atoms with van der Waals surface area (Å²) in [6.07, 6.45) is -1.80. The third kappa shape index (κ3) is 4.86. The summed E-state index contributed by atoms with van der Waals surface area (Å²) in [5.74, 6) is -1.20. The van der Waals surface area contributed by atoms with Crippen molar-refractivity contribution in [3.8, 4) is 0 Å². The molecular formula is C25H35F3N4O3. The summed E-state index contributed by atoms with van der Waals surface area (Å²) in [4.78, 5) is 19.1. The highest BCUT2D eigenvalue weighted by Gasteiger charge is 2.44. The fourth-order valence-corrected chi connectivity index (χ4v) is 5.97. The highest BCUT2D eigenvalue weighted by Crippen LogP contribution is 2.43. The molecule has 0 spiro atoms. The van der Waals surface area contributed by atoms with Crippen LogP contribution in [0.3, 0.4) is 0 Å². The van der Waals surface area contributed by atoms with Crippen molar-refractivity contribution in [2.75, 3.05) is 31.7 Å². The van der Waals surface area contributed by atoms with Crippen molar-refractivity contribution in [3.05, 3.63) is 23.0 Å². The Balaban J connectivity index is 1.74. The molecule has 1 atom stereocenters. The fraction of sp³-hybridized carbons (Fsp3) is 0.720. The van der Waals surface area contributed by atoms with Crippen LogP contribution in [-0.2, 0) is 9.53 Å². The Morgan fingerprint density at radius 3 is 2.54 bits per heavy atom. The second-order valence-corrected chi connectivity index (χ2v) is 10.6. The molecule has 0 bridgehead atoms. The van der Waals surface area contributed by atoms with Crippen molar-refractivity contribution < 1.29 is 27.8 Å². The van der Waals surface area contributed by atoms with Crippen LogP contribution in [0.4, 0.5) is 19.0 Å². The van der Waals surface area contributed by atoms with E-state index in [-0.39, 0.29) is 31.3 Å². The van der Waals surface area contributed by atoms with Crippen molar-refractivity contribution in [1.29, 1.82) is 0 Å². The van der Waals surface area contributed by atoms with E-state index in [1.807, 2.05) is 13.0 Å². The molecule has 1 saturated heterocycles. The maximum Gasteiger partial charge on any atom is 0.391 e. The van der Waals surface area contributed by atoms with E-state index in [0.29, 0.717) is 44.4 Å². The molecule has 1 aliphatic heterocycles. The Bertz CT molecular complexity index is 1070. The molecule has 4 rings (SSSR count). The van der Waals surface area contributed by atoms with Gasteiger partial charge in [-0.25, -0.2) is 4.98 Å². The van der Waals surface area contributed by atoms with E-state index in [2.05, 4.69) is 18.7 Å². The number of aliphatic carboxylic acids is 1. The number of ether oxygens (including phenoxy) is 1. The number of rotatable bonds is 6. The average Bonchev–Trinajstić information content (AvgIpc) is 3.21. The molecule has 0 aromatic carbocycles. The van der Waals surface area contributed by atoms with E-state index in [0.717, 1.165) is 22.8 Å². The Labute approximate surface area is 203 Å². The average molecular weight is 497 g/mol. The molecule has 2 aliphatic rings. The number of hydrogen-bond donors (Lipinski definition) is 1. The predicted molar refractivity (Wildman–Crippen MR) is 126 cm³/mol. The van der Waals surface area contributed by atoms with E-state index in [1.165, 1.54) is 7.11 Å². The molecule has 3 heterocycles. The number of alkyl halides is 3. The summed E-state index contributed by atoms with van der Waals surface area (Å²) < 4.78 is 46.6. The molecule has 35 heavy (non-hydrogen) atoms. The first-order chi connectivity index (χ1) is 16.5. The molecule has 10 heteroatoms. The van der Waals surface area contributed by atoms with Gasteiger partial charge >= 0.3 is 12.1 Å². The zero-order valence-electron chi connectivity index (χ0n) is 20.9. The standard InChI is InChI=1S/C25H35F3N4O3/c1-15(2)21-16(3)29-20-12-19(17-6-8-18(9-7-17)25(26,27)28)30-32(20)22(21)31-11-5-10-24(13-31,14-35-4)23(33)34/h12,15,17-18H,5-11,13-14H2,1-4H3,(H,33,34). The smallest absolute Gasteiger partial charge is 0.391 e. The van der Waals surface area contributed by atoms with Crippen molar-refractivity contribution in [2.45, 2.75) is 77.3 Å². The summed E-state index contributed by atoms with van der Waals surface area (Å²) in [5, 5.41) is 14.9. The van der Waals surface area contributed by atoms with Crippen molar-refractivity contribution in [1.82, 2.24) is 14.6 Å². The summed E-state index contributed by atoms with van der Waals surface area (Å²) >= 11 is 0. The number of nitrogens with zero attached hydrogens (tertiary/aromatic N) is 4. The first kappa shape index (κ1) is 25.7. The van der Waals surface area contributed by atoms with E-state index in [1.54, 1.807) is 4.52 Å². The molecular weight excluding hydrogens is 461 g/mol. The number of piperidine rings is 1. The predicted octanol–water partition coefficient (Wildman–Crippen LogP) is 5.31. The van der Waals surface area contributed by atoms with Gasteiger partial charge in [-0.1, -0.05) is 13.8 Å². The van der Waals surface area contributed by atoms with Crippen LogP contribution in [0.1, 0.15) is 81.2 Å². The van der Waals surface area contributed by atoms with Gasteiger partial charge < -0.3 is 14.7 Å². The molecule has 194 valence electrons. The van der Waals surface area contributed by atoms with Crippen LogP contribution >= 0.6 is 0 Å². The van der Waals surface area contributed by atoms with Gasteiger partial charge in [-0.2, -0.15) is 22.8 Å². The summed E-state index contributed by atoms with van der Waals surface area (Å²) in [6.45, 7) is 7.19. The van der Waals surface area contributed by atoms with Gasteiger partial charge in [-0.15, -0.1) is 0 Å². The summed E-state index contributed by atoms with van der Waals surface area (Å²) in [6, 6.07) is 1.89. The number of methoxy groups -OCH3 is 1. The van der Waals surface area contributed by atoms with Gasteiger partial charge in [0, 0.05) is 43.4 Å². The largest absolute Gasteiger partial charge is 0.481 e. The highest BCUT2D eigenvalue weighted by molar-refractivity contribution is 5.76. The van der Waals surface area contributed by atoms with Crippen LogP contribution in [-0.4, -0.2) is 58.7 Å². The molecule has 0 amide bonds. The lowest BCUT2D eigenvalue weighted by Gasteiger charge is -2.41. The van der Waals surface area contributed by atoms with Gasteiger partial charge in [0.05, 0.1) is 18.2 Å². The Morgan fingerprint density at radius 2 is 1.97 bits per heavy atom. The number of aryl methyl sites for hydroxylation is 1. The zero-order valence-corrected chi connectivity index (χ0v) is 20.9. The molecule has 0 radical (unpaired) electrons. The third-order valence-electron chi connectivity index (χ3n) is 7.76. The van der Waals surface area contributed by atoms with E-state index in [4.69, 9.17) is 14.8 Å². The second kappa shape index (κ2) is 9.59. The van der Waals surface area contributed by atoms with E-state index in [9.17, 15) is 23.1 Å². The van der Waals surface area contributed by atoms with Gasteiger partial charge in [0.25, 0.3) is 0 Å². The van der Waals surface area contributed by atoms with Crippen molar-refractivity contribution in [2.24, 2.45) is 11.3 Å². The monoisotopic (exact) mass is 496 g/mol. The zero-order chi connectivity index (χ0) is 25.5. The SMILES string of the molecule is COCC1(C(=O)O)CCCN(c2c(C(C)C)c(C)nc3cc(C4CCC(C(F)(F)F)CC4)nn23)C1. The number of carbonyl (C=O) groups is 1. The van der Waals surface area contributed by atoms with Crippen LogP contribution in [0.15, 0.2) is 6.07 Å². The Morgan fingerprint density at radius 1 is 1.29 bits per heavy atom. The number of carboxylic acid groups (broad SMARTS) is 1. The topological polar surface area (TPSA) is 80.0 Å². The molecule has 2 aromatic rings. The quantitative estimate of drug-likeness (QED) is 0.584. The first-order valence-electron chi connectivity index (χ1n) is 12.4. The minimum atomic E-state index is -4.14. The molecule has 1 unspecified atom stereocenters. The fourth-order valence-electron chi connectivity index (χ4n) is 5.97. The van der Waals surface area contributed by atoms with E-state index < -0.39 is 23.5 Å². The Kier molecular flexibility index (Phi) is 7.05.